The van der Waals surface area contributed by atoms with Gasteiger partial charge in [0.2, 0.25) is 0 Å². The van der Waals surface area contributed by atoms with E-state index < -0.39 is 0 Å². The fraction of sp³-hybridized carbons (Fsp3) is 0.846. The zero-order valence-corrected chi connectivity index (χ0v) is 9.68. The van der Waals surface area contributed by atoms with Gasteiger partial charge in [0.25, 0.3) is 0 Å². The standard InChI is InChI=1S/C13H22O/c1-4-8-11(2)13(14-3)12-9-6-5-7-10-12/h11-13H,5-7,9-10H2,1-3H3/t11-,13+/m0/s1. The molecule has 1 saturated carbocycles. The van der Waals surface area contributed by atoms with Crippen molar-refractivity contribution in [2.75, 3.05) is 7.11 Å². The molecule has 1 heteroatoms. The number of hydrogen-bond donors (Lipinski definition) is 0. The Kier molecular flexibility index (Phi) is 5.04. The van der Waals surface area contributed by atoms with Gasteiger partial charge < -0.3 is 4.74 Å². The molecule has 14 heavy (non-hydrogen) atoms. The zero-order chi connectivity index (χ0) is 10.4. The average Bonchev–Trinajstić information content (AvgIpc) is 2.21. The fourth-order valence-electron chi connectivity index (χ4n) is 2.58. The summed E-state index contributed by atoms with van der Waals surface area (Å²) < 4.78 is 5.60. The minimum Gasteiger partial charge on any atom is -0.380 e. The highest BCUT2D eigenvalue weighted by molar-refractivity contribution is 5.03. The van der Waals surface area contributed by atoms with Crippen LogP contribution >= 0.6 is 0 Å². The average molecular weight is 194 g/mol. The van der Waals surface area contributed by atoms with Crippen molar-refractivity contribution < 1.29 is 4.74 Å². The van der Waals surface area contributed by atoms with E-state index in [-0.39, 0.29) is 0 Å². The van der Waals surface area contributed by atoms with Crippen LogP contribution < -0.4 is 0 Å². The molecule has 0 saturated heterocycles. The summed E-state index contributed by atoms with van der Waals surface area (Å²) in [7, 11) is 1.83. The number of methoxy groups -OCH3 is 1. The first kappa shape index (κ1) is 11.6. The van der Waals surface area contributed by atoms with Crippen LogP contribution in [0.25, 0.3) is 0 Å². The Bertz CT molecular complexity index is 205. The predicted octanol–water partition coefficient (Wildman–Crippen LogP) is 3.24. The number of rotatable bonds is 3. The Labute approximate surface area is 88.2 Å². The lowest BCUT2D eigenvalue weighted by Crippen LogP contribution is -2.30. The largest absolute Gasteiger partial charge is 0.380 e. The van der Waals surface area contributed by atoms with Gasteiger partial charge in [-0.05, 0) is 32.6 Å². The number of hydrogen-bond acceptors (Lipinski definition) is 1. The molecule has 0 spiro atoms. The summed E-state index contributed by atoms with van der Waals surface area (Å²) in [6.07, 6.45) is 7.15. The highest BCUT2D eigenvalue weighted by atomic mass is 16.5. The van der Waals surface area contributed by atoms with Crippen molar-refractivity contribution in [1.29, 1.82) is 0 Å². The van der Waals surface area contributed by atoms with Gasteiger partial charge in [-0.25, -0.2) is 0 Å². The lowest BCUT2D eigenvalue weighted by atomic mass is 9.81. The Morgan fingerprint density at radius 2 is 1.86 bits per heavy atom. The van der Waals surface area contributed by atoms with Crippen LogP contribution in [0.3, 0.4) is 0 Å². The lowest BCUT2D eigenvalue weighted by molar-refractivity contribution is 0.0142. The van der Waals surface area contributed by atoms with Crippen LogP contribution in [0.5, 0.6) is 0 Å². The van der Waals surface area contributed by atoms with E-state index >= 15 is 0 Å². The van der Waals surface area contributed by atoms with E-state index in [9.17, 15) is 0 Å². The maximum Gasteiger partial charge on any atom is 0.0734 e. The third kappa shape index (κ3) is 3.03. The summed E-state index contributed by atoms with van der Waals surface area (Å²) in [5.41, 5.74) is 0. The second-order valence-corrected chi connectivity index (χ2v) is 4.28. The molecule has 1 aliphatic rings. The van der Waals surface area contributed by atoms with Gasteiger partial charge in [0.15, 0.2) is 0 Å². The van der Waals surface area contributed by atoms with E-state index in [2.05, 4.69) is 18.8 Å². The van der Waals surface area contributed by atoms with Gasteiger partial charge in [-0.1, -0.05) is 25.2 Å². The van der Waals surface area contributed by atoms with Gasteiger partial charge in [-0.15, -0.1) is 5.92 Å². The predicted molar refractivity (Wildman–Crippen MR) is 60.0 cm³/mol. The molecule has 0 amide bonds. The Balaban J connectivity index is 2.53. The van der Waals surface area contributed by atoms with Crippen LogP contribution in [0, 0.1) is 23.7 Å². The zero-order valence-electron chi connectivity index (χ0n) is 9.68. The van der Waals surface area contributed by atoms with Crippen molar-refractivity contribution in [3.63, 3.8) is 0 Å². The van der Waals surface area contributed by atoms with E-state index in [1.807, 2.05) is 14.0 Å². The van der Waals surface area contributed by atoms with Crippen LogP contribution in [0.4, 0.5) is 0 Å². The van der Waals surface area contributed by atoms with Crippen molar-refractivity contribution in [3.05, 3.63) is 0 Å². The molecule has 2 atom stereocenters. The molecule has 1 rings (SSSR count). The first-order chi connectivity index (χ1) is 6.79. The molecule has 1 aliphatic carbocycles. The van der Waals surface area contributed by atoms with Crippen LogP contribution in [0.1, 0.15) is 46.0 Å². The van der Waals surface area contributed by atoms with Crippen molar-refractivity contribution in [2.24, 2.45) is 11.8 Å². The highest BCUT2D eigenvalue weighted by Crippen LogP contribution is 2.30. The topological polar surface area (TPSA) is 9.23 Å². The summed E-state index contributed by atoms with van der Waals surface area (Å²) in [6, 6.07) is 0. The molecule has 0 radical (unpaired) electrons. The molecule has 0 aliphatic heterocycles. The molecule has 1 nitrogen and oxygen atoms in total. The van der Waals surface area contributed by atoms with Gasteiger partial charge in [0, 0.05) is 13.0 Å². The van der Waals surface area contributed by atoms with E-state index in [0.29, 0.717) is 12.0 Å². The second kappa shape index (κ2) is 6.09. The third-order valence-electron chi connectivity index (χ3n) is 3.25. The highest BCUT2D eigenvalue weighted by Gasteiger charge is 2.26. The van der Waals surface area contributed by atoms with Crippen molar-refractivity contribution in [1.82, 2.24) is 0 Å². The van der Waals surface area contributed by atoms with Crippen LogP contribution in [0.2, 0.25) is 0 Å². The van der Waals surface area contributed by atoms with Gasteiger partial charge >= 0.3 is 0 Å². The molecular weight excluding hydrogens is 172 g/mol. The summed E-state index contributed by atoms with van der Waals surface area (Å²) in [4.78, 5) is 0. The normalized spacial score (nSPS) is 22.2. The van der Waals surface area contributed by atoms with Crippen LogP contribution in [0.15, 0.2) is 0 Å². The SMILES string of the molecule is CC#C[C@H](C)[C@@H](OC)C1CCCCC1. The van der Waals surface area contributed by atoms with Crippen molar-refractivity contribution in [3.8, 4) is 11.8 Å². The molecule has 0 heterocycles. The van der Waals surface area contributed by atoms with Crippen molar-refractivity contribution >= 4 is 0 Å². The molecule has 1 fully saturated rings. The molecule has 0 aromatic rings. The van der Waals surface area contributed by atoms with E-state index in [0.717, 1.165) is 5.92 Å². The van der Waals surface area contributed by atoms with Gasteiger partial charge in [0.1, 0.15) is 0 Å². The Hall–Kier alpha value is -0.480. The minimum absolute atomic E-state index is 0.350. The van der Waals surface area contributed by atoms with Gasteiger partial charge in [0.05, 0.1) is 6.10 Å². The molecule has 0 unspecified atom stereocenters. The molecule has 0 bridgehead atoms. The molecule has 0 N–H and O–H groups in total. The van der Waals surface area contributed by atoms with Gasteiger partial charge in [-0.2, -0.15) is 0 Å². The summed E-state index contributed by atoms with van der Waals surface area (Å²) in [5.74, 6) is 7.33. The fourth-order valence-corrected chi connectivity index (χ4v) is 2.58. The molecular formula is C13H22O. The van der Waals surface area contributed by atoms with E-state index in [1.54, 1.807) is 0 Å². The maximum absolute atomic E-state index is 5.60. The molecule has 80 valence electrons. The minimum atomic E-state index is 0.350. The lowest BCUT2D eigenvalue weighted by Gasteiger charge is -2.31. The summed E-state index contributed by atoms with van der Waals surface area (Å²) >= 11 is 0. The first-order valence-electron chi connectivity index (χ1n) is 5.74. The van der Waals surface area contributed by atoms with Gasteiger partial charge in [-0.3, -0.25) is 0 Å². The maximum atomic E-state index is 5.60. The third-order valence-corrected chi connectivity index (χ3v) is 3.25. The number of ether oxygens (including phenoxy) is 1. The smallest absolute Gasteiger partial charge is 0.0734 e. The quantitative estimate of drug-likeness (QED) is 0.627. The molecule has 0 aromatic carbocycles. The van der Waals surface area contributed by atoms with E-state index in [4.69, 9.17) is 4.74 Å². The van der Waals surface area contributed by atoms with Crippen molar-refractivity contribution in [2.45, 2.75) is 52.1 Å². The Morgan fingerprint density at radius 3 is 2.36 bits per heavy atom. The monoisotopic (exact) mass is 194 g/mol. The van der Waals surface area contributed by atoms with Crippen LogP contribution in [-0.4, -0.2) is 13.2 Å². The summed E-state index contributed by atoms with van der Waals surface area (Å²) in [6.45, 7) is 4.09. The second-order valence-electron chi connectivity index (χ2n) is 4.28. The van der Waals surface area contributed by atoms with E-state index in [1.165, 1.54) is 32.1 Å². The Morgan fingerprint density at radius 1 is 1.21 bits per heavy atom. The summed E-state index contributed by atoms with van der Waals surface area (Å²) in [5, 5.41) is 0. The molecule has 0 aromatic heterocycles. The van der Waals surface area contributed by atoms with Crippen LogP contribution in [-0.2, 0) is 4.74 Å². The first-order valence-corrected chi connectivity index (χ1v) is 5.74.